The van der Waals surface area contributed by atoms with Crippen molar-refractivity contribution in [2.75, 3.05) is 6.61 Å². The number of carbonyl (C=O) groups is 3. The summed E-state index contributed by atoms with van der Waals surface area (Å²) in [6, 6.07) is 17.3. The topological polar surface area (TPSA) is 108 Å². The molecule has 2 saturated carbocycles. The lowest BCUT2D eigenvalue weighted by molar-refractivity contribution is -0.147. The van der Waals surface area contributed by atoms with Gasteiger partial charge in [0.25, 0.3) is 5.91 Å². The third-order valence-electron chi connectivity index (χ3n) is 8.28. The molecule has 0 saturated heterocycles. The molecule has 2 aliphatic carbocycles. The monoisotopic (exact) mass is 517 g/mol. The van der Waals surface area contributed by atoms with E-state index in [2.05, 4.69) is 10.4 Å². The second-order valence-corrected chi connectivity index (χ2v) is 11.1. The van der Waals surface area contributed by atoms with Gasteiger partial charge in [-0.3, -0.25) is 14.4 Å². The molecular weight excluding hydrogens is 482 g/mol. The third kappa shape index (κ3) is 5.59. The van der Waals surface area contributed by atoms with Gasteiger partial charge in [0, 0.05) is 11.6 Å². The molecule has 5 rings (SSSR count). The van der Waals surface area contributed by atoms with Gasteiger partial charge in [-0.1, -0.05) is 55.3 Å². The van der Waals surface area contributed by atoms with Crippen molar-refractivity contribution < 1.29 is 24.2 Å². The van der Waals surface area contributed by atoms with Crippen molar-refractivity contribution in [1.29, 1.82) is 0 Å². The summed E-state index contributed by atoms with van der Waals surface area (Å²) in [6.45, 7) is 2.02. The van der Waals surface area contributed by atoms with E-state index < -0.39 is 11.4 Å². The SMILES string of the molecule is C[C@@]1(C(=O)O)CC[C@@H](NC(=O)C(c2ccc(CN3N=C(c4ccccc4)OCC3=O)cc2)C2CCCC2)C1. The summed E-state index contributed by atoms with van der Waals surface area (Å²) < 4.78 is 5.54. The average Bonchev–Trinajstić information content (AvgIpc) is 3.58. The van der Waals surface area contributed by atoms with E-state index in [9.17, 15) is 19.5 Å². The Morgan fingerprint density at radius 3 is 2.47 bits per heavy atom. The van der Waals surface area contributed by atoms with E-state index in [1.807, 2.05) is 54.6 Å². The molecule has 0 aromatic heterocycles. The second kappa shape index (κ2) is 11.0. The maximum atomic E-state index is 13.5. The van der Waals surface area contributed by atoms with Gasteiger partial charge < -0.3 is 15.2 Å². The molecule has 8 heteroatoms. The van der Waals surface area contributed by atoms with E-state index in [0.29, 0.717) is 31.7 Å². The van der Waals surface area contributed by atoms with Crippen LogP contribution in [0.2, 0.25) is 0 Å². The van der Waals surface area contributed by atoms with E-state index in [1.54, 1.807) is 6.92 Å². The lowest BCUT2D eigenvalue weighted by atomic mass is 9.83. The van der Waals surface area contributed by atoms with E-state index in [1.165, 1.54) is 5.01 Å². The predicted molar refractivity (Wildman–Crippen MR) is 142 cm³/mol. The van der Waals surface area contributed by atoms with Crippen molar-refractivity contribution in [3.63, 3.8) is 0 Å². The number of aliphatic carboxylic acids is 1. The van der Waals surface area contributed by atoms with Crippen LogP contribution in [-0.2, 0) is 25.7 Å². The molecule has 0 spiro atoms. The Hall–Kier alpha value is -3.68. The Bertz CT molecular complexity index is 1210. The second-order valence-electron chi connectivity index (χ2n) is 11.1. The number of hydrazone groups is 1. The van der Waals surface area contributed by atoms with E-state index in [-0.39, 0.29) is 36.3 Å². The van der Waals surface area contributed by atoms with Gasteiger partial charge in [0.05, 0.1) is 17.9 Å². The zero-order valence-electron chi connectivity index (χ0n) is 21.8. The molecule has 2 N–H and O–H groups in total. The van der Waals surface area contributed by atoms with Crippen molar-refractivity contribution in [2.45, 2.75) is 70.4 Å². The van der Waals surface area contributed by atoms with Crippen LogP contribution in [0, 0.1) is 11.3 Å². The summed E-state index contributed by atoms with van der Waals surface area (Å²) in [5.74, 6) is -0.587. The van der Waals surface area contributed by atoms with Crippen LogP contribution in [0.4, 0.5) is 0 Å². The van der Waals surface area contributed by atoms with Crippen LogP contribution in [0.3, 0.4) is 0 Å². The van der Waals surface area contributed by atoms with Crippen LogP contribution >= 0.6 is 0 Å². The first kappa shape index (κ1) is 25.9. The van der Waals surface area contributed by atoms with E-state index >= 15 is 0 Å². The first-order chi connectivity index (χ1) is 18.3. The first-order valence-corrected chi connectivity index (χ1v) is 13.5. The first-order valence-electron chi connectivity index (χ1n) is 13.5. The molecule has 2 aromatic rings. The summed E-state index contributed by atoms with van der Waals surface area (Å²) in [4.78, 5) is 37.7. The molecule has 1 unspecified atom stereocenters. The maximum absolute atomic E-state index is 13.5. The van der Waals surface area contributed by atoms with Crippen LogP contribution in [0.15, 0.2) is 59.7 Å². The number of ether oxygens (including phenoxy) is 1. The van der Waals surface area contributed by atoms with Crippen LogP contribution in [0.1, 0.15) is 74.5 Å². The third-order valence-corrected chi connectivity index (χ3v) is 8.28. The molecule has 38 heavy (non-hydrogen) atoms. The summed E-state index contributed by atoms with van der Waals surface area (Å²) >= 11 is 0. The summed E-state index contributed by atoms with van der Waals surface area (Å²) in [5.41, 5.74) is 1.91. The Morgan fingerprint density at radius 2 is 1.82 bits per heavy atom. The molecule has 0 bridgehead atoms. The molecule has 2 fully saturated rings. The number of amides is 2. The van der Waals surface area contributed by atoms with Crippen molar-refractivity contribution in [1.82, 2.24) is 10.3 Å². The van der Waals surface area contributed by atoms with Crippen LogP contribution in [0.5, 0.6) is 0 Å². The van der Waals surface area contributed by atoms with Crippen molar-refractivity contribution in [3.05, 3.63) is 71.3 Å². The molecule has 1 heterocycles. The minimum atomic E-state index is -0.795. The molecule has 3 aliphatic rings. The number of nitrogens with one attached hydrogen (secondary N) is 1. The number of benzene rings is 2. The predicted octanol–water partition coefficient (Wildman–Crippen LogP) is 4.44. The largest absolute Gasteiger partial charge is 0.481 e. The molecule has 3 atom stereocenters. The van der Waals surface area contributed by atoms with Gasteiger partial charge in [0.2, 0.25) is 11.8 Å². The summed E-state index contributed by atoms with van der Waals surface area (Å²) in [7, 11) is 0. The Kier molecular flexibility index (Phi) is 7.49. The number of hydrogen-bond acceptors (Lipinski definition) is 5. The molecular formula is C30H35N3O5. The highest BCUT2D eigenvalue weighted by Crippen LogP contribution is 2.40. The minimum absolute atomic E-state index is 0.00949. The van der Waals surface area contributed by atoms with Crippen molar-refractivity contribution >= 4 is 23.7 Å². The van der Waals surface area contributed by atoms with Gasteiger partial charge >= 0.3 is 5.97 Å². The molecule has 0 radical (unpaired) electrons. The molecule has 200 valence electrons. The smallest absolute Gasteiger partial charge is 0.309 e. The molecule has 2 amide bonds. The van der Waals surface area contributed by atoms with Gasteiger partial charge in [-0.2, -0.15) is 0 Å². The number of hydrogen-bond donors (Lipinski definition) is 2. The van der Waals surface area contributed by atoms with Gasteiger partial charge in [-0.25, -0.2) is 5.01 Å². The highest BCUT2D eigenvalue weighted by atomic mass is 16.5. The van der Waals surface area contributed by atoms with Gasteiger partial charge in [0.1, 0.15) is 0 Å². The Balaban J connectivity index is 1.29. The van der Waals surface area contributed by atoms with Crippen molar-refractivity contribution in [3.8, 4) is 0 Å². The normalized spacial score (nSPS) is 24.6. The van der Waals surface area contributed by atoms with E-state index in [0.717, 1.165) is 42.4 Å². The number of carbonyl (C=O) groups excluding carboxylic acids is 2. The quantitative estimate of drug-likeness (QED) is 0.538. The summed E-state index contributed by atoms with van der Waals surface area (Å²) in [6.07, 6.45) is 5.98. The lowest BCUT2D eigenvalue weighted by Crippen LogP contribution is -2.40. The number of nitrogens with zero attached hydrogens (tertiary/aromatic N) is 2. The highest BCUT2D eigenvalue weighted by molar-refractivity contribution is 5.97. The van der Waals surface area contributed by atoms with Gasteiger partial charge in [0.15, 0.2) is 6.61 Å². The molecule has 8 nitrogen and oxygen atoms in total. The Morgan fingerprint density at radius 1 is 1.11 bits per heavy atom. The van der Waals surface area contributed by atoms with Crippen LogP contribution in [-0.4, -0.2) is 46.4 Å². The number of carboxylic acid groups (broad SMARTS) is 1. The summed E-state index contributed by atoms with van der Waals surface area (Å²) in [5, 5.41) is 18.6. The van der Waals surface area contributed by atoms with Gasteiger partial charge in [-0.15, -0.1) is 5.10 Å². The molecule has 1 aliphatic heterocycles. The lowest BCUT2D eigenvalue weighted by Gasteiger charge is -2.26. The highest BCUT2D eigenvalue weighted by Gasteiger charge is 2.43. The fourth-order valence-corrected chi connectivity index (χ4v) is 6.03. The van der Waals surface area contributed by atoms with Crippen LogP contribution in [0.25, 0.3) is 0 Å². The van der Waals surface area contributed by atoms with Gasteiger partial charge in [-0.05, 0) is 68.2 Å². The minimum Gasteiger partial charge on any atom is -0.481 e. The standard InChI is InChI=1S/C30H35N3O5/c1-30(29(36)37)16-15-24(17-30)31-27(35)26(21-7-5-6-8-21)22-13-11-20(12-14-22)18-33-25(34)19-38-28(32-33)23-9-3-2-4-10-23/h2-4,9-14,21,24,26H,5-8,15-19H2,1H3,(H,31,35)(H,36,37)/t24-,26?,30-/m1/s1. The van der Waals surface area contributed by atoms with Crippen molar-refractivity contribution in [2.24, 2.45) is 16.4 Å². The fourth-order valence-electron chi connectivity index (χ4n) is 6.03. The average molecular weight is 518 g/mol. The maximum Gasteiger partial charge on any atom is 0.309 e. The van der Waals surface area contributed by atoms with E-state index in [4.69, 9.17) is 4.74 Å². The van der Waals surface area contributed by atoms with Crippen LogP contribution < -0.4 is 5.32 Å². The zero-order chi connectivity index (χ0) is 26.7. The number of carboxylic acids is 1. The fraction of sp³-hybridized carbons (Fsp3) is 0.467. The molecule has 2 aromatic carbocycles. The number of rotatable bonds is 8. The Labute approximate surface area is 223 Å². The zero-order valence-corrected chi connectivity index (χ0v) is 21.8.